The van der Waals surface area contributed by atoms with Crippen LogP contribution in [0.15, 0.2) is 66.7 Å². The van der Waals surface area contributed by atoms with E-state index in [2.05, 4.69) is 31.9 Å². The number of aliphatic hydroxyl groups excluding tert-OH is 1. The van der Waals surface area contributed by atoms with Crippen molar-refractivity contribution in [3.63, 3.8) is 0 Å². The molecule has 0 aromatic heterocycles. The van der Waals surface area contributed by atoms with Crippen molar-refractivity contribution in [2.75, 3.05) is 73.1 Å². The lowest BCUT2D eigenvalue weighted by atomic mass is 9.80. The van der Waals surface area contributed by atoms with Crippen LogP contribution >= 0.6 is 0 Å². The number of primary amides is 1. The Bertz CT molecular complexity index is 2960. The normalized spacial score (nSPS) is 17.8. The maximum atomic E-state index is 15.0. The lowest BCUT2D eigenvalue weighted by Crippen LogP contribution is -2.62. The number of hydrogen-bond acceptors (Lipinski definition) is 17. The molecular weight excluding hydrogens is 1240 g/mol. The van der Waals surface area contributed by atoms with Gasteiger partial charge in [-0.3, -0.25) is 48.2 Å². The molecule has 1 saturated carbocycles. The minimum absolute atomic E-state index is 0.0101. The van der Waals surface area contributed by atoms with Crippen molar-refractivity contribution in [2.45, 2.75) is 186 Å². The van der Waals surface area contributed by atoms with E-state index in [1.165, 1.54) is 35.1 Å². The van der Waals surface area contributed by atoms with Crippen LogP contribution in [0.3, 0.4) is 0 Å². The van der Waals surface area contributed by atoms with E-state index in [1.54, 1.807) is 80.9 Å². The number of carbonyl (C=O) groups excluding carboxylic acids is 11. The van der Waals surface area contributed by atoms with Crippen molar-refractivity contribution >= 4 is 71.2 Å². The molecule has 1 saturated heterocycles. The number of likely N-dealkylation sites (N-methyl/N-ethyl adjacent to an activating group) is 2. The fourth-order valence-corrected chi connectivity index (χ4v) is 12.2. The second kappa shape index (κ2) is 37.9. The summed E-state index contributed by atoms with van der Waals surface area (Å²) in [5.41, 5.74) is 5.16. The summed E-state index contributed by atoms with van der Waals surface area (Å²) < 4.78 is 28.4. The van der Waals surface area contributed by atoms with Crippen LogP contribution in [0.1, 0.15) is 137 Å². The molecule has 10 atom stereocenters. The van der Waals surface area contributed by atoms with Crippen LogP contribution < -0.4 is 37.6 Å². The lowest BCUT2D eigenvalue weighted by molar-refractivity contribution is -0.149. The Labute approximate surface area is 563 Å². The maximum Gasteiger partial charge on any atom is 0.410 e. The van der Waals surface area contributed by atoms with Crippen LogP contribution in [0.5, 0.6) is 0 Å². The molecule has 9 N–H and O–H groups in total. The quantitative estimate of drug-likeness (QED) is 0.0345. The Morgan fingerprint density at radius 1 is 0.729 bits per heavy atom. The molecule has 96 heavy (non-hydrogen) atoms. The number of likely N-dealkylation sites (tertiary alicyclic amines) is 1. The van der Waals surface area contributed by atoms with Crippen molar-refractivity contribution in [3.8, 4) is 0 Å². The van der Waals surface area contributed by atoms with Gasteiger partial charge in [0.1, 0.15) is 36.9 Å². The molecule has 532 valence electrons. The van der Waals surface area contributed by atoms with Gasteiger partial charge in [-0.2, -0.15) is 0 Å². The number of nitrogens with two attached hydrogens (primary N) is 1. The SMILES string of the molecule is CO[C@H]([C@@H](C)C(=O)N[C@H](C)[C@@H](O)c1ccccc1)[C@@H]1CCCN1C(=O)C[C@@H](OC)[C@H](C1CCCCC1)N(C)C(=O)[C@@H](NC(=O)C(C)(C)N(C)C(=O)OCc1ccc(NC(=O)C(CCCNC(N)=O)NC(=O)[C@@H](NC(=O)OCCOCCN2C(=O)C=CC2=O)C(C)C)cc1)C(C)C. The summed E-state index contributed by atoms with van der Waals surface area (Å²) in [6.07, 6.45) is 4.12. The second-order valence-electron chi connectivity index (χ2n) is 26.1. The molecule has 12 amide bonds. The predicted molar refractivity (Wildman–Crippen MR) is 355 cm³/mol. The van der Waals surface area contributed by atoms with E-state index in [0.29, 0.717) is 36.2 Å². The number of urea groups is 1. The van der Waals surface area contributed by atoms with Crippen molar-refractivity contribution in [1.82, 2.24) is 46.2 Å². The molecule has 3 aliphatic rings. The number of nitrogens with one attached hydrogen (secondary N) is 6. The third-order valence-electron chi connectivity index (χ3n) is 18.3. The molecule has 0 radical (unpaired) electrons. The highest BCUT2D eigenvalue weighted by Crippen LogP contribution is 2.35. The zero-order chi connectivity index (χ0) is 71.0. The number of rotatable bonds is 36. The Balaban J connectivity index is 1.17. The van der Waals surface area contributed by atoms with Gasteiger partial charge in [-0.1, -0.05) is 96.3 Å². The molecule has 28 nitrogen and oxygen atoms in total. The zero-order valence-electron chi connectivity index (χ0n) is 57.7. The van der Waals surface area contributed by atoms with Crippen LogP contribution in [-0.4, -0.2) is 212 Å². The molecule has 1 aliphatic carbocycles. The molecular formula is C68H103N11O17. The summed E-state index contributed by atoms with van der Waals surface area (Å²) in [5.74, 6) is -5.41. The fraction of sp³-hybridized carbons (Fsp3) is 0.632. The average Bonchev–Trinajstić information content (AvgIpc) is 1.11. The van der Waals surface area contributed by atoms with Gasteiger partial charge in [0.15, 0.2) is 0 Å². The first-order chi connectivity index (χ1) is 45.5. The van der Waals surface area contributed by atoms with E-state index in [9.17, 15) is 57.8 Å². The van der Waals surface area contributed by atoms with Gasteiger partial charge in [-0.25, -0.2) is 14.4 Å². The van der Waals surface area contributed by atoms with Crippen molar-refractivity contribution in [1.29, 1.82) is 0 Å². The number of amides is 12. The minimum Gasteiger partial charge on any atom is -0.447 e. The number of aliphatic hydroxyl groups is 1. The number of benzene rings is 2. The fourth-order valence-electron chi connectivity index (χ4n) is 12.2. The maximum absolute atomic E-state index is 15.0. The van der Waals surface area contributed by atoms with Gasteiger partial charge in [-0.15, -0.1) is 0 Å². The van der Waals surface area contributed by atoms with Crippen molar-refractivity contribution in [2.24, 2.45) is 29.4 Å². The molecule has 2 aromatic carbocycles. The summed E-state index contributed by atoms with van der Waals surface area (Å²) in [5, 5.41) is 27.3. The summed E-state index contributed by atoms with van der Waals surface area (Å²) in [6.45, 7) is 13.6. The van der Waals surface area contributed by atoms with Gasteiger partial charge in [-0.05, 0) is 100 Å². The predicted octanol–water partition coefficient (Wildman–Crippen LogP) is 4.43. The number of hydrogen-bond donors (Lipinski definition) is 8. The highest BCUT2D eigenvalue weighted by atomic mass is 16.6. The number of methoxy groups -OCH3 is 2. The second-order valence-corrected chi connectivity index (χ2v) is 26.1. The van der Waals surface area contributed by atoms with E-state index in [4.69, 9.17) is 29.4 Å². The summed E-state index contributed by atoms with van der Waals surface area (Å²) in [6, 6.07) is 9.61. The van der Waals surface area contributed by atoms with E-state index in [0.717, 1.165) is 54.1 Å². The summed E-state index contributed by atoms with van der Waals surface area (Å²) in [7, 11) is 6.14. The van der Waals surface area contributed by atoms with E-state index >= 15 is 0 Å². The number of carbonyl (C=O) groups is 11. The van der Waals surface area contributed by atoms with Crippen molar-refractivity contribution in [3.05, 3.63) is 77.9 Å². The molecule has 28 heteroatoms. The first kappa shape index (κ1) is 78.5. The Hall–Kier alpha value is -8.21. The zero-order valence-corrected chi connectivity index (χ0v) is 57.7. The van der Waals surface area contributed by atoms with E-state index in [-0.39, 0.29) is 76.5 Å². The number of nitrogens with zero attached hydrogens (tertiary/aromatic N) is 4. The van der Waals surface area contributed by atoms with Gasteiger partial charge in [0.2, 0.25) is 35.4 Å². The monoisotopic (exact) mass is 1350 g/mol. The number of anilines is 1. The van der Waals surface area contributed by atoms with Crippen LogP contribution in [-0.2, 0) is 68.6 Å². The van der Waals surface area contributed by atoms with Gasteiger partial charge < -0.3 is 76.2 Å². The summed E-state index contributed by atoms with van der Waals surface area (Å²) >= 11 is 0. The molecule has 2 heterocycles. The van der Waals surface area contributed by atoms with Crippen LogP contribution in [0.2, 0.25) is 0 Å². The molecule has 5 rings (SSSR count). The molecule has 0 spiro atoms. The highest BCUT2D eigenvalue weighted by molar-refractivity contribution is 6.12. The number of ether oxygens (including phenoxy) is 5. The summed E-state index contributed by atoms with van der Waals surface area (Å²) in [4.78, 5) is 152. The Morgan fingerprint density at radius 2 is 1.38 bits per heavy atom. The standard InChI is InChI=1S/C68H103N11O17/c1-41(2)55(75-66(90)95-38-37-94-36-35-79-52(80)31-32-53(79)81)62(86)73-49(25-19-33-70-65(69)89)61(85)72-48-29-27-45(28-30-48)40-96-67(91)77(10)68(7,8)64(88)74-56(42(3)4)63(87)76(9)57(46-21-15-13-16-22-46)51(92-11)39-54(82)78-34-20-26-50(78)59(93-12)43(5)60(84)71-44(6)58(83)47-23-17-14-18-24-47/h14,17-18,23-24,27-32,41-44,46,49-51,55-59,83H,13,15-16,19-22,25-26,33-40H2,1-12H3,(H,71,84)(H,72,85)(H,73,86)(H,74,88)(H,75,90)(H3,69,70,89)/t43-,44-,49?,50+,51-,55+,56+,57+,58-,59-/m1/s1. The van der Waals surface area contributed by atoms with Gasteiger partial charge in [0.05, 0.1) is 68.5 Å². The van der Waals surface area contributed by atoms with E-state index < -0.39 is 132 Å². The van der Waals surface area contributed by atoms with Crippen molar-refractivity contribution < 1.29 is 81.5 Å². The largest absolute Gasteiger partial charge is 0.447 e. The third kappa shape index (κ3) is 22.4. The number of alkyl carbamates (subject to hydrolysis) is 1. The molecule has 1 unspecified atom stereocenters. The van der Waals surface area contributed by atoms with Crippen LogP contribution in [0, 0.1) is 23.7 Å². The smallest absolute Gasteiger partial charge is 0.410 e. The Kier molecular flexibility index (Phi) is 31.0. The third-order valence-corrected chi connectivity index (χ3v) is 18.3. The highest BCUT2D eigenvalue weighted by Gasteiger charge is 2.46. The average molecular weight is 1350 g/mol. The minimum atomic E-state index is -1.55. The Morgan fingerprint density at radius 3 is 1.98 bits per heavy atom. The lowest BCUT2D eigenvalue weighted by Gasteiger charge is -2.43. The van der Waals surface area contributed by atoms with Gasteiger partial charge in [0, 0.05) is 59.2 Å². The first-order valence-electron chi connectivity index (χ1n) is 33.2. The van der Waals surface area contributed by atoms with Crippen LogP contribution in [0.25, 0.3) is 0 Å². The van der Waals surface area contributed by atoms with Gasteiger partial charge in [0.25, 0.3) is 11.8 Å². The molecule has 2 fully saturated rings. The van der Waals surface area contributed by atoms with Gasteiger partial charge >= 0.3 is 18.2 Å². The number of imide groups is 1. The molecule has 2 aromatic rings. The topological polar surface area (TPSA) is 365 Å². The molecule has 0 bridgehead atoms. The van der Waals surface area contributed by atoms with Crippen LogP contribution in [0.4, 0.5) is 20.1 Å². The first-order valence-corrected chi connectivity index (χ1v) is 33.2. The van der Waals surface area contributed by atoms with E-state index in [1.807, 2.05) is 32.0 Å². The molecule has 2 aliphatic heterocycles.